The number of carbonyl (C=O) groups excluding carboxylic acids is 1. The van der Waals surface area contributed by atoms with Crippen molar-refractivity contribution >= 4 is 16.7 Å². The van der Waals surface area contributed by atoms with Crippen molar-refractivity contribution in [2.45, 2.75) is 38.6 Å². The summed E-state index contributed by atoms with van der Waals surface area (Å²) in [6, 6.07) is 6.69. The van der Waals surface area contributed by atoms with Crippen LogP contribution in [0.5, 0.6) is 0 Å². The summed E-state index contributed by atoms with van der Waals surface area (Å²) in [5.41, 5.74) is -0.597. The summed E-state index contributed by atoms with van der Waals surface area (Å²) in [5, 5.41) is 6.18. The van der Waals surface area contributed by atoms with Crippen LogP contribution >= 0.6 is 0 Å². The van der Waals surface area contributed by atoms with Crippen LogP contribution in [0.2, 0.25) is 0 Å². The van der Waals surface area contributed by atoms with E-state index in [1.807, 2.05) is 0 Å². The van der Waals surface area contributed by atoms with Crippen molar-refractivity contribution in [3.05, 3.63) is 45.0 Å². The third-order valence-electron chi connectivity index (χ3n) is 4.87. The average Bonchev–Trinajstić information content (AvgIpc) is 2.68. The molecular formula is C19H26N4O3. The van der Waals surface area contributed by atoms with Gasteiger partial charge in [0, 0.05) is 13.0 Å². The Hall–Kier alpha value is -2.41. The van der Waals surface area contributed by atoms with Gasteiger partial charge in [-0.05, 0) is 51.0 Å². The molecule has 1 aromatic heterocycles. The lowest BCUT2D eigenvalue weighted by molar-refractivity contribution is -0.121. The summed E-state index contributed by atoms with van der Waals surface area (Å²) in [6.45, 7) is 4.13. The van der Waals surface area contributed by atoms with Gasteiger partial charge in [0.1, 0.15) is 0 Å². The number of hydrogen-bond acceptors (Lipinski definition) is 4. The van der Waals surface area contributed by atoms with Gasteiger partial charge in [0.05, 0.1) is 17.3 Å². The molecule has 0 bridgehead atoms. The van der Waals surface area contributed by atoms with Crippen molar-refractivity contribution in [1.29, 1.82) is 0 Å². The molecule has 0 spiro atoms. The van der Waals surface area contributed by atoms with Gasteiger partial charge >= 0.3 is 0 Å². The van der Waals surface area contributed by atoms with E-state index in [0.717, 1.165) is 26.1 Å². The van der Waals surface area contributed by atoms with Crippen molar-refractivity contribution < 1.29 is 4.79 Å². The first-order valence-corrected chi connectivity index (χ1v) is 9.36. The molecule has 140 valence electrons. The standard InChI is InChI=1S/C19H26N4O3/c24-17(20-10-6-13-22-11-4-1-5-12-22)9-14-23-19(26)16-8-3-2-7-15(16)18(25)21-23/h2-3,7-8H,1,4-6,9-14H2,(H,20,24)(H,21,25). The lowest BCUT2D eigenvalue weighted by Gasteiger charge is -2.26. The van der Waals surface area contributed by atoms with Crippen LogP contribution in [0.4, 0.5) is 0 Å². The second kappa shape index (κ2) is 8.80. The lowest BCUT2D eigenvalue weighted by atomic mass is 10.1. The molecule has 2 N–H and O–H groups in total. The van der Waals surface area contributed by atoms with E-state index in [1.54, 1.807) is 24.3 Å². The topological polar surface area (TPSA) is 87.2 Å². The highest BCUT2D eigenvalue weighted by atomic mass is 16.2. The summed E-state index contributed by atoms with van der Waals surface area (Å²) in [5.74, 6) is -0.107. The minimum atomic E-state index is -0.317. The molecule has 26 heavy (non-hydrogen) atoms. The van der Waals surface area contributed by atoms with E-state index < -0.39 is 0 Å². The van der Waals surface area contributed by atoms with Crippen molar-refractivity contribution in [3.63, 3.8) is 0 Å². The van der Waals surface area contributed by atoms with E-state index in [0.29, 0.717) is 17.3 Å². The summed E-state index contributed by atoms with van der Waals surface area (Å²) in [7, 11) is 0. The fourth-order valence-electron chi connectivity index (χ4n) is 3.42. The molecule has 7 nitrogen and oxygen atoms in total. The number of nitrogens with one attached hydrogen (secondary N) is 2. The Balaban J connectivity index is 1.47. The Morgan fingerprint density at radius 1 is 1.04 bits per heavy atom. The fourth-order valence-corrected chi connectivity index (χ4v) is 3.42. The smallest absolute Gasteiger partial charge is 0.273 e. The SMILES string of the molecule is O=C(CCn1[nH]c(=O)c2ccccc2c1=O)NCCCN1CCCCC1. The van der Waals surface area contributed by atoms with Crippen LogP contribution in [-0.4, -0.2) is 46.8 Å². The fraction of sp³-hybridized carbons (Fsp3) is 0.526. The highest BCUT2D eigenvalue weighted by Gasteiger charge is 2.10. The van der Waals surface area contributed by atoms with E-state index in [2.05, 4.69) is 15.3 Å². The Labute approximate surface area is 152 Å². The summed E-state index contributed by atoms with van der Waals surface area (Å²) >= 11 is 0. The van der Waals surface area contributed by atoms with Crippen LogP contribution in [0, 0.1) is 0 Å². The molecule has 1 aromatic carbocycles. The number of fused-ring (bicyclic) bond motifs is 1. The van der Waals surface area contributed by atoms with Crippen molar-refractivity contribution in [3.8, 4) is 0 Å². The molecule has 1 amide bonds. The van der Waals surface area contributed by atoms with Gasteiger partial charge in [-0.25, -0.2) is 4.68 Å². The number of H-pyrrole nitrogens is 1. The van der Waals surface area contributed by atoms with Gasteiger partial charge in [-0.2, -0.15) is 0 Å². The monoisotopic (exact) mass is 358 g/mol. The summed E-state index contributed by atoms with van der Waals surface area (Å²) in [4.78, 5) is 38.9. The maximum Gasteiger partial charge on any atom is 0.273 e. The number of benzene rings is 1. The third-order valence-corrected chi connectivity index (χ3v) is 4.87. The van der Waals surface area contributed by atoms with Gasteiger partial charge in [-0.3, -0.25) is 19.5 Å². The van der Waals surface area contributed by atoms with Gasteiger partial charge in [0.2, 0.25) is 5.91 Å². The van der Waals surface area contributed by atoms with E-state index in [1.165, 1.54) is 23.9 Å². The molecule has 3 rings (SSSR count). The predicted octanol–water partition coefficient (Wildman–Crippen LogP) is 1.07. The molecule has 1 aliphatic rings. The first kappa shape index (κ1) is 18.4. The zero-order chi connectivity index (χ0) is 18.4. The van der Waals surface area contributed by atoms with E-state index >= 15 is 0 Å². The zero-order valence-corrected chi connectivity index (χ0v) is 15.0. The van der Waals surface area contributed by atoms with Crippen LogP contribution in [0.15, 0.2) is 33.9 Å². The summed E-state index contributed by atoms with van der Waals surface area (Å²) < 4.78 is 1.22. The molecule has 1 aliphatic heterocycles. The van der Waals surface area contributed by atoms with Crippen LogP contribution in [0.3, 0.4) is 0 Å². The molecule has 0 unspecified atom stereocenters. The number of aromatic nitrogens is 2. The Morgan fingerprint density at radius 2 is 1.77 bits per heavy atom. The molecular weight excluding hydrogens is 332 g/mol. The third kappa shape index (κ3) is 4.60. The predicted molar refractivity (Wildman–Crippen MR) is 101 cm³/mol. The number of likely N-dealkylation sites (tertiary alicyclic amines) is 1. The number of carbonyl (C=O) groups is 1. The highest BCUT2D eigenvalue weighted by molar-refractivity contribution is 5.80. The maximum atomic E-state index is 12.4. The number of hydrogen-bond donors (Lipinski definition) is 2. The Morgan fingerprint density at radius 3 is 2.54 bits per heavy atom. The van der Waals surface area contributed by atoms with Crippen molar-refractivity contribution in [1.82, 2.24) is 20.0 Å². The van der Waals surface area contributed by atoms with Gasteiger partial charge in [0.25, 0.3) is 11.1 Å². The molecule has 1 fully saturated rings. The largest absolute Gasteiger partial charge is 0.356 e. The molecule has 2 heterocycles. The highest BCUT2D eigenvalue weighted by Crippen LogP contribution is 2.08. The number of rotatable bonds is 7. The first-order chi connectivity index (χ1) is 12.6. The van der Waals surface area contributed by atoms with Crippen LogP contribution in [0.1, 0.15) is 32.1 Å². The van der Waals surface area contributed by atoms with Crippen molar-refractivity contribution in [2.75, 3.05) is 26.2 Å². The number of amides is 1. The normalized spacial score (nSPS) is 15.2. The van der Waals surface area contributed by atoms with Crippen LogP contribution < -0.4 is 16.4 Å². The molecule has 1 saturated heterocycles. The van der Waals surface area contributed by atoms with Crippen LogP contribution in [-0.2, 0) is 11.3 Å². The summed E-state index contributed by atoms with van der Waals surface area (Å²) in [6.07, 6.45) is 4.95. The molecule has 0 radical (unpaired) electrons. The van der Waals surface area contributed by atoms with E-state index in [4.69, 9.17) is 0 Å². The molecule has 0 atom stereocenters. The van der Waals surface area contributed by atoms with Gasteiger partial charge < -0.3 is 10.2 Å². The van der Waals surface area contributed by atoms with Crippen LogP contribution in [0.25, 0.3) is 10.8 Å². The first-order valence-electron chi connectivity index (χ1n) is 9.36. The van der Waals surface area contributed by atoms with Gasteiger partial charge in [0.15, 0.2) is 0 Å². The van der Waals surface area contributed by atoms with E-state index in [9.17, 15) is 14.4 Å². The zero-order valence-electron chi connectivity index (χ0n) is 15.0. The molecule has 2 aromatic rings. The minimum absolute atomic E-state index is 0.107. The molecule has 0 aliphatic carbocycles. The minimum Gasteiger partial charge on any atom is -0.356 e. The Bertz CT molecular complexity index is 865. The van der Waals surface area contributed by atoms with Gasteiger partial charge in [-0.1, -0.05) is 18.6 Å². The maximum absolute atomic E-state index is 12.4. The molecule has 7 heteroatoms. The number of aryl methyl sites for hydroxylation is 1. The Kier molecular flexibility index (Phi) is 6.22. The van der Waals surface area contributed by atoms with Crippen molar-refractivity contribution in [2.24, 2.45) is 0 Å². The van der Waals surface area contributed by atoms with E-state index in [-0.39, 0.29) is 30.0 Å². The average molecular weight is 358 g/mol. The second-order valence-electron chi connectivity index (χ2n) is 6.80. The second-order valence-corrected chi connectivity index (χ2v) is 6.80. The quantitative estimate of drug-likeness (QED) is 0.725. The van der Waals surface area contributed by atoms with Gasteiger partial charge in [-0.15, -0.1) is 0 Å². The number of nitrogens with zero attached hydrogens (tertiary/aromatic N) is 2. The molecule has 0 saturated carbocycles. The number of piperidine rings is 1. The lowest BCUT2D eigenvalue weighted by Crippen LogP contribution is -2.34. The number of aromatic amines is 1.